The van der Waals surface area contributed by atoms with Gasteiger partial charge in [-0.1, -0.05) is 44.2 Å². The Hall–Kier alpha value is -1.41. The van der Waals surface area contributed by atoms with Crippen molar-refractivity contribution in [2.24, 2.45) is 0 Å². The van der Waals surface area contributed by atoms with E-state index in [1.807, 2.05) is 0 Å². The zero-order valence-electron chi connectivity index (χ0n) is 12.5. The second-order valence-electron chi connectivity index (χ2n) is 4.93. The maximum Gasteiger partial charge on any atom is 0.0511 e. The van der Waals surface area contributed by atoms with Gasteiger partial charge in [0.1, 0.15) is 0 Å². The Balaban J connectivity index is 2.14. The van der Waals surface area contributed by atoms with Gasteiger partial charge in [-0.2, -0.15) is 0 Å². The van der Waals surface area contributed by atoms with Crippen molar-refractivity contribution >= 4 is 17.4 Å². The van der Waals surface area contributed by atoms with E-state index >= 15 is 0 Å². The van der Waals surface area contributed by atoms with Gasteiger partial charge in [-0.25, -0.2) is 0 Å². The van der Waals surface area contributed by atoms with Gasteiger partial charge in [0, 0.05) is 10.6 Å². The van der Waals surface area contributed by atoms with Gasteiger partial charge >= 0.3 is 0 Å². The number of anilines is 1. The van der Waals surface area contributed by atoms with Crippen molar-refractivity contribution in [3.05, 3.63) is 59.7 Å². The lowest BCUT2D eigenvalue weighted by molar-refractivity contribution is 0.748. The average molecular weight is 285 g/mol. The van der Waals surface area contributed by atoms with Crippen LogP contribution >= 0.6 is 11.8 Å². The Morgan fingerprint density at radius 1 is 1.05 bits per heavy atom. The number of hydrogen-bond donors (Lipinski definition) is 1. The van der Waals surface area contributed by atoms with Gasteiger partial charge in [-0.15, -0.1) is 11.8 Å². The van der Waals surface area contributed by atoms with E-state index in [4.69, 9.17) is 0 Å². The largest absolute Gasteiger partial charge is 0.378 e. The molecule has 0 spiro atoms. The topological polar surface area (TPSA) is 12.0 Å². The molecule has 0 fully saturated rings. The van der Waals surface area contributed by atoms with Crippen LogP contribution in [0.4, 0.5) is 5.69 Å². The van der Waals surface area contributed by atoms with E-state index in [0.717, 1.165) is 12.8 Å². The minimum atomic E-state index is 0.373. The van der Waals surface area contributed by atoms with Crippen molar-refractivity contribution in [1.29, 1.82) is 0 Å². The van der Waals surface area contributed by atoms with Crippen molar-refractivity contribution in [3.8, 4) is 0 Å². The molecule has 1 nitrogen and oxygen atoms in total. The molecule has 2 aromatic rings. The molecule has 0 saturated heterocycles. The zero-order chi connectivity index (χ0) is 14.4. The minimum absolute atomic E-state index is 0.373. The number of rotatable bonds is 6. The fourth-order valence-electron chi connectivity index (χ4n) is 2.32. The number of benzene rings is 2. The minimum Gasteiger partial charge on any atom is -0.378 e. The van der Waals surface area contributed by atoms with Crippen LogP contribution in [0.1, 0.15) is 37.4 Å². The Morgan fingerprint density at radius 3 is 2.40 bits per heavy atom. The highest BCUT2D eigenvalue weighted by Crippen LogP contribution is 2.25. The van der Waals surface area contributed by atoms with Crippen LogP contribution in [0.2, 0.25) is 0 Å². The first-order valence-corrected chi connectivity index (χ1v) is 8.48. The first-order chi connectivity index (χ1) is 9.76. The molecule has 0 aliphatic carbocycles. The Labute approximate surface area is 126 Å². The predicted molar refractivity (Wildman–Crippen MR) is 90.7 cm³/mol. The second kappa shape index (κ2) is 7.39. The maximum absolute atomic E-state index is 3.64. The fourth-order valence-corrected chi connectivity index (χ4v) is 2.78. The lowest BCUT2D eigenvalue weighted by Crippen LogP contribution is -2.09. The summed E-state index contributed by atoms with van der Waals surface area (Å²) in [5, 5.41) is 3.64. The number of aryl methyl sites for hydroxylation is 1. The van der Waals surface area contributed by atoms with Crippen LogP contribution in [0.3, 0.4) is 0 Å². The van der Waals surface area contributed by atoms with Crippen LogP contribution < -0.4 is 5.32 Å². The van der Waals surface area contributed by atoms with Crippen LogP contribution in [-0.2, 0) is 6.42 Å². The molecular formula is C18H23NS. The quantitative estimate of drug-likeness (QED) is 0.700. The molecule has 2 heteroatoms. The fraction of sp³-hybridized carbons (Fsp3) is 0.333. The van der Waals surface area contributed by atoms with Gasteiger partial charge in [0.05, 0.1) is 6.04 Å². The third-order valence-electron chi connectivity index (χ3n) is 3.61. The number of thioether (sulfide) groups is 1. The van der Waals surface area contributed by atoms with Crippen molar-refractivity contribution in [2.75, 3.05) is 11.6 Å². The van der Waals surface area contributed by atoms with Crippen LogP contribution in [0.5, 0.6) is 0 Å². The first-order valence-electron chi connectivity index (χ1n) is 7.26. The highest BCUT2D eigenvalue weighted by Gasteiger charge is 2.09. The van der Waals surface area contributed by atoms with E-state index in [9.17, 15) is 0 Å². The molecule has 0 aromatic heterocycles. The Bertz CT molecular complexity index is 533. The number of hydrogen-bond acceptors (Lipinski definition) is 2. The van der Waals surface area contributed by atoms with E-state index in [1.54, 1.807) is 11.8 Å². The Kier molecular flexibility index (Phi) is 5.54. The smallest absolute Gasteiger partial charge is 0.0511 e. The Morgan fingerprint density at radius 2 is 1.80 bits per heavy atom. The summed E-state index contributed by atoms with van der Waals surface area (Å²) in [6.45, 7) is 4.42. The van der Waals surface area contributed by atoms with Gasteiger partial charge in [0.15, 0.2) is 0 Å². The highest BCUT2D eigenvalue weighted by atomic mass is 32.2. The molecule has 1 unspecified atom stereocenters. The molecule has 0 saturated carbocycles. The molecular weight excluding hydrogens is 262 g/mol. The zero-order valence-corrected chi connectivity index (χ0v) is 13.3. The normalized spacial score (nSPS) is 12.2. The lowest BCUT2D eigenvalue weighted by atomic mass is 10.0. The highest BCUT2D eigenvalue weighted by molar-refractivity contribution is 7.98. The van der Waals surface area contributed by atoms with E-state index in [0.29, 0.717) is 6.04 Å². The third-order valence-corrected chi connectivity index (χ3v) is 4.33. The van der Waals surface area contributed by atoms with E-state index in [1.165, 1.54) is 21.7 Å². The first kappa shape index (κ1) is 15.0. The van der Waals surface area contributed by atoms with Crippen molar-refractivity contribution in [3.63, 3.8) is 0 Å². The molecule has 0 bridgehead atoms. The summed E-state index contributed by atoms with van der Waals surface area (Å²) in [5.41, 5.74) is 3.95. The summed E-state index contributed by atoms with van der Waals surface area (Å²) in [4.78, 5) is 1.30. The molecule has 0 aliphatic rings. The van der Waals surface area contributed by atoms with E-state index < -0.39 is 0 Å². The van der Waals surface area contributed by atoms with Crippen LogP contribution in [0.25, 0.3) is 0 Å². The number of nitrogens with one attached hydrogen (secondary N) is 1. The average Bonchev–Trinajstić information content (AvgIpc) is 2.53. The maximum atomic E-state index is 3.64. The molecule has 20 heavy (non-hydrogen) atoms. The molecule has 0 aliphatic heterocycles. The van der Waals surface area contributed by atoms with Crippen LogP contribution in [0, 0.1) is 0 Å². The summed E-state index contributed by atoms with van der Waals surface area (Å²) in [7, 11) is 0. The SMILES string of the molecule is CCc1ccc(C(CC)Nc2cccc(SC)c2)cc1. The molecule has 0 radical (unpaired) electrons. The molecule has 2 aromatic carbocycles. The van der Waals surface area contributed by atoms with Gasteiger partial charge < -0.3 is 5.32 Å². The summed E-state index contributed by atoms with van der Waals surface area (Å²) >= 11 is 1.78. The molecule has 2 rings (SSSR count). The monoisotopic (exact) mass is 285 g/mol. The van der Waals surface area contributed by atoms with Gasteiger partial charge in [-0.3, -0.25) is 0 Å². The molecule has 0 amide bonds. The van der Waals surface area contributed by atoms with Crippen LogP contribution in [0.15, 0.2) is 53.4 Å². The molecule has 1 N–H and O–H groups in total. The van der Waals surface area contributed by atoms with Gasteiger partial charge in [0.25, 0.3) is 0 Å². The van der Waals surface area contributed by atoms with Crippen LogP contribution in [-0.4, -0.2) is 6.26 Å². The molecule has 106 valence electrons. The standard InChI is InChI=1S/C18H23NS/c1-4-14-9-11-15(12-10-14)18(5-2)19-16-7-6-8-17(13-16)20-3/h6-13,18-19H,4-5H2,1-3H3. The van der Waals surface area contributed by atoms with E-state index in [2.05, 4.69) is 74.0 Å². The predicted octanol–water partition coefficient (Wildman–Crippen LogP) is 5.53. The van der Waals surface area contributed by atoms with Crippen molar-refractivity contribution in [1.82, 2.24) is 0 Å². The third kappa shape index (κ3) is 3.80. The van der Waals surface area contributed by atoms with E-state index in [-0.39, 0.29) is 0 Å². The summed E-state index contributed by atoms with van der Waals surface area (Å²) < 4.78 is 0. The van der Waals surface area contributed by atoms with Gasteiger partial charge in [0.2, 0.25) is 0 Å². The summed E-state index contributed by atoms with van der Waals surface area (Å²) in [5.74, 6) is 0. The molecule has 1 atom stereocenters. The lowest BCUT2D eigenvalue weighted by Gasteiger charge is -2.19. The molecule has 0 heterocycles. The van der Waals surface area contributed by atoms with Crippen molar-refractivity contribution < 1.29 is 0 Å². The van der Waals surface area contributed by atoms with Crippen molar-refractivity contribution in [2.45, 2.75) is 37.6 Å². The summed E-state index contributed by atoms with van der Waals surface area (Å²) in [6.07, 6.45) is 4.29. The van der Waals surface area contributed by atoms with Gasteiger partial charge in [-0.05, 0) is 48.4 Å². The second-order valence-corrected chi connectivity index (χ2v) is 5.81. The summed E-state index contributed by atoms with van der Waals surface area (Å²) in [6, 6.07) is 18.0.